The molecular weight excluding hydrogens is 242 g/mol. The predicted molar refractivity (Wildman–Crippen MR) is 78.2 cm³/mol. The maximum absolute atomic E-state index is 4.31. The number of aromatic nitrogens is 1. The number of rotatable bonds is 6. The van der Waals surface area contributed by atoms with Crippen LogP contribution in [0.2, 0.25) is 0 Å². The molecule has 1 aliphatic heterocycles. The van der Waals surface area contributed by atoms with Crippen molar-refractivity contribution in [3.63, 3.8) is 0 Å². The maximum Gasteiger partial charge on any atom is 0.0937 e. The average Bonchev–Trinajstić information content (AvgIpc) is 2.74. The van der Waals surface area contributed by atoms with Gasteiger partial charge in [-0.15, -0.1) is 11.3 Å². The lowest BCUT2D eigenvalue weighted by molar-refractivity contribution is 0.256. The van der Waals surface area contributed by atoms with Gasteiger partial charge in [0.15, 0.2) is 0 Å². The molecule has 2 rings (SSSR count). The SMILES string of the molecule is C[C@H](CN1CCCCCC1)NCCc1nccs1. The van der Waals surface area contributed by atoms with Gasteiger partial charge in [-0.25, -0.2) is 4.98 Å². The third-order valence-electron chi connectivity index (χ3n) is 3.55. The first-order chi connectivity index (χ1) is 8.84. The van der Waals surface area contributed by atoms with Gasteiger partial charge in [0.05, 0.1) is 5.01 Å². The standard InChI is InChI=1S/C14H25N3S/c1-13(12-17-9-4-2-3-5-10-17)15-7-6-14-16-8-11-18-14/h8,11,13,15H,2-7,9-10,12H2,1H3/t13-/m1/s1. The Morgan fingerprint density at radius 2 is 2.11 bits per heavy atom. The summed E-state index contributed by atoms with van der Waals surface area (Å²) in [7, 11) is 0. The average molecular weight is 267 g/mol. The monoisotopic (exact) mass is 267 g/mol. The van der Waals surface area contributed by atoms with Crippen molar-refractivity contribution in [2.75, 3.05) is 26.2 Å². The lowest BCUT2D eigenvalue weighted by Crippen LogP contribution is -2.40. The summed E-state index contributed by atoms with van der Waals surface area (Å²) in [5.41, 5.74) is 0. The molecule has 18 heavy (non-hydrogen) atoms. The van der Waals surface area contributed by atoms with Gasteiger partial charge in [0, 0.05) is 37.1 Å². The summed E-state index contributed by atoms with van der Waals surface area (Å²) in [6.07, 6.45) is 8.55. The Bertz CT molecular complexity index is 305. The van der Waals surface area contributed by atoms with E-state index < -0.39 is 0 Å². The maximum atomic E-state index is 4.31. The van der Waals surface area contributed by atoms with Crippen LogP contribution in [0.25, 0.3) is 0 Å². The van der Waals surface area contributed by atoms with Crippen molar-refractivity contribution in [1.82, 2.24) is 15.2 Å². The fourth-order valence-corrected chi connectivity index (χ4v) is 3.19. The highest BCUT2D eigenvalue weighted by atomic mass is 32.1. The summed E-state index contributed by atoms with van der Waals surface area (Å²) < 4.78 is 0. The van der Waals surface area contributed by atoms with E-state index in [1.807, 2.05) is 6.20 Å². The van der Waals surface area contributed by atoms with E-state index >= 15 is 0 Å². The normalized spacial score (nSPS) is 19.6. The molecular formula is C14H25N3S. The number of thiazole rings is 1. The van der Waals surface area contributed by atoms with Gasteiger partial charge < -0.3 is 10.2 Å². The summed E-state index contributed by atoms with van der Waals surface area (Å²) in [6, 6.07) is 0.586. The summed E-state index contributed by atoms with van der Waals surface area (Å²) >= 11 is 1.75. The van der Waals surface area contributed by atoms with Gasteiger partial charge >= 0.3 is 0 Å². The smallest absolute Gasteiger partial charge is 0.0937 e. The molecule has 102 valence electrons. The first-order valence-electron chi connectivity index (χ1n) is 7.19. The van der Waals surface area contributed by atoms with Crippen LogP contribution in [0.4, 0.5) is 0 Å². The molecule has 1 N–H and O–H groups in total. The van der Waals surface area contributed by atoms with E-state index in [2.05, 4.69) is 27.5 Å². The molecule has 3 nitrogen and oxygen atoms in total. The summed E-state index contributed by atoms with van der Waals surface area (Å²) in [6.45, 7) is 7.12. The largest absolute Gasteiger partial charge is 0.313 e. The molecule has 1 saturated heterocycles. The quantitative estimate of drug-likeness (QED) is 0.858. The zero-order valence-corrected chi connectivity index (χ0v) is 12.2. The first-order valence-corrected chi connectivity index (χ1v) is 8.06. The van der Waals surface area contributed by atoms with E-state index in [1.54, 1.807) is 11.3 Å². The molecule has 1 aromatic heterocycles. The molecule has 1 aromatic rings. The minimum absolute atomic E-state index is 0.586. The molecule has 0 spiro atoms. The third-order valence-corrected chi connectivity index (χ3v) is 4.39. The van der Waals surface area contributed by atoms with E-state index in [0.29, 0.717) is 6.04 Å². The lowest BCUT2D eigenvalue weighted by atomic mass is 10.2. The zero-order valence-electron chi connectivity index (χ0n) is 11.4. The predicted octanol–water partition coefficient (Wildman–Crippen LogP) is 2.54. The number of hydrogen-bond acceptors (Lipinski definition) is 4. The van der Waals surface area contributed by atoms with Crippen molar-refractivity contribution in [3.05, 3.63) is 16.6 Å². The van der Waals surface area contributed by atoms with Crippen molar-refractivity contribution in [1.29, 1.82) is 0 Å². The van der Waals surface area contributed by atoms with Crippen LogP contribution in [0.15, 0.2) is 11.6 Å². The molecule has 1 aliphatic rings. The van der Waals surface area contributed by atoms with Gasteiger partial charge in [-0.2, -0.15) is 0 Å². The second kappa shape index (κ2) is 7.87. The molecule has 0 aromatic carbocycles. The number of nitrogens with one attached hydrogen (secondary N) is 1. The minimum Gasteiger partial charge on any atom is -0.313 e. The molecule has 0 amide bonds. The Kier molecular flexibility index (Phi) is 6.11. The van der Waals surface area contributed by atoms with Crippen molar-refractivity contribution < 1.29 is 0 Å². The molecule has 0 unspecified atom stereocenters. The van der Waals surface area contributed by atoms with Crippen LogP contribution < -0.4 is 5.32 Å². The van der Waals surface area contributed by atoms with Gasteiger partial charge in [-0.1, -0.05) is 12.8 Å². The Labute approximate surface area is 115 Å². The van der Waals surface area contributed by atoms with Crippen molar-refractivity contribution in [3.8, 4) is 0 Å². The van der Waals surface area contributed by atoms with Gasteiger partial charge in [0.1, 0.15) is 0 Å². The molecule has 0 bridgehead atoms. The van der Waals surface area contributed by atoms with Crippen molar-refractivity contribution in [2.45, 2.75) is 45.1 Å². The Balaban J connectivity index is 1.60. The van der Waals surface area contributed by atoms with E-state index in [0.717, 1.165) is 13.0 Å². The van der Waals surface area contributed by atoms with Crippen LogP contribution >= 0.6 is 11.3 Å². The Hall–Kier alpha value is -0.450. The second-order valence-electron chi connectivity index (χ2n) is 5.25. The number of nitrogens with zero attached hydrogens (tertiary/aromatic N) is 2. The number of hydrogen-bond donors (Lipinski definition) is 1. The van der Waals surface area contributed by atoms with Crippen LogP contribution in [-0.2, 0) is 6.42 Å². The Morgan fingerprint density at radius 3 is 2.78 bits per heavy atom. The fourth-order valence-electron chi connectivity index (χ4n) is 2.57. The highest BCUT2D eigenvalue weighted by Crippen LogP contribution is 2.10. The topological polar surface area (TPSA) is 28.2 Å². The van der Waals surface area contributed by atoms with E-state index in [1.165, 1.54) is 50.3 Å². The molecule has 2 heterocycles. The van der Waals surface area contributed by atoms with Gasteiger partial charge in [0.25, 0.3) is 0 Å². The lowest BCUT2D eigenvalue weighted by Gasteiger charge is -2.24. The van der Waals surface area contributed by atoms with Crippen molar-refractivity contribution >= 4 is 11.3 Å². The molecule has 0 radical (unpaired) electrons. The van der Waals surface area contributed by atoms with Crippen LogP contribution in [0.5, 0.6) is 0 Å². The molecule has 0 saturated carbocycles. The number of likely N-dealkylation sites (tertiary alicyclic amines) is 1. The van der Waals surface area contributed by atoms with Gasteiger partial charge in [-0.05, 0) is 32.9 Å². The third kappa shape index (κ3) is 5.04. The first kappa shape index (κ1) is 14.0. The van der Waals surface area contributed by atoms with Crippen LogP contribution in [0.1, 0.15) is 37.6 Å². The zero-order chi connectivity index (χ0) is 12.6. The Morgan fingerprint density at radius 1 is 1.33 bits per heavy atom. The highest BCUT2D eigenvalue weighted by molar-refractivity contribution is 7.09. The van der Waals surface area contributed by atoms with Crippen LogP contribution in [0, 0.1) is 0 Å². The van der Waals surface area contributed by atoms with Gasteiger partial charge in [-0.3, -0.25) is 0 Å². The fraction of sp³-hybridized carbons (Fsp3) is 0.786. The second-order valence-corrected chi connectivity index (χ2v) is 6.22. The molecule has 1 fully saturated rings. The van der Waals surface area contributed by atoms with Crippen LogP contribution in [-0.4, -0.2) is 42.1 Å². The van der Waals surface area contributed by atoms with E-state index in [4.69, 9.17) is 0 Å². The van der Waals surface area contributed by atoms with E-state index in [9.17, 15) is 0 Å². The van der Waals surface area contributed by atoms with Crippen molar-refractivity contribution in [2.24, 2.45) is 0 Å². The van der Waals surface area contributed by atoms with Gasteiger partial charge in [0.2, 0.25) is 0 Å². The summed E-state index contributed by atoms with van der Waals surface area (Å²) in [5, 5.41) is 6.91. The summed E-state index contributed by atoms with van der Waals surface area (Å²) in [4.78, 5) is 6.93. The molecule has 0 aliphatic carbocycles. The van der Waals surface area contributed by atoms with E-state index in [-0.39, 0.29) is 0 Å². The molecule has 1 atom stereocenters. The van der Waals surface area contributed by atoms with Crippen LogP contribution in [0.3, 0.4) is 0 Å². The summed E-state index contributed by atoms with van der Waals surface area (Å²) in [5.74, 6) is 0. The molecule has 4 heteroatoms. The highest BCUT2D eigenvalue weighted by Gasteiger charge is 2.11. The minimum atomic E-state index is 0.586.